The van der Waals surface area contributed by atoms with Gasteiger partial charge < -0.3 is 4.74 Å². The Morgan fingerprint density at radius 2 is 2.15 bits per heavy atom. The Bertz CT molecular complexity index is 352. The van der Waals surface area contributed by atoms with Crippen molar-refractivity contribution in [2.45, 2.75) is 0 Å². The lowest BCUT2D eigenvalue weighted by molar-refractivity contribution is 0.112. The third-order valence-corrected chi connectivity index (χ3v) is 2.09. The highest BCUT2D eigenvalue weighted by Crippen LogP contribution is 2.35. The van der Waals surface area contributed by atoms with E-state index >= 15 is 0 Å². The molecule has 2 nitrogen and oxygen atoms in total. The summed E-state index contributed by atoms with van der Waals surface area (Å²) in [6.07, 6.45) is 0.340. The molecule has 0 fully saturated rings. The highest BCUT2D eigenvalue weighted by molar-refractivity contribution is 6.37. The number of rotatable bonds is 2. The molecule has 0 aromatic heterocycles. The van der Waals surface area contributed by atoms with Crippen LogP contribution in [0.1, 0.15) is 10.4 Å². The second-order valence-corrected chi connectivity index (χ2v) is 3.01. The van der Waals surface area contributed by atoms with Gasteiger partial charge in [-0.2, -0.15) is 0 Å². The summed E-state index contributed by atoms with van der Waals surface area (Å²) in [5.41, 5.74) is -0.184. The predicted molar refractivity (Wildman–Crippen MR) is 48.4 cm³/mol. The summed E-state index contributed by atoms with van der Waals surface area (Å²) in [6.45, 7) is 0. The van der Waals surface area contributed by atoms with Gasteiger partial charge in [-0.3, -0.25) is 4.79 Å². The number of aldehydes is 1. The molecular formula is C8H5Cl2FO2. The van der Waals surface area contributed by atoms with Crippen LogP contribution in [0.4, 0.5) is 4.39 Å². The summed E-state index contributed by atoms with van der Waals surface area (Å²) >= 11 is 11.2. The quantitative estimate of drug-likeness (QED) is 0.569. The molecule has 0 saturated carbocycles. The minimum absolute atomic E-state index is 0.0337. The highest BCUT2D eigenvalue weighted by Gasteiger charge is 2.15. The van der Waals surface area contributed by atoms with Crippen LogP contribution in [0.3, 0.4) is 0 Å². The first-order valence-corrected chi connectivity index (χ1v) is 4.04. The number of carbonyl (C=O) groups excluding carboxylic acids is 1. The van der Waals surface area contributed by atoms with Gasteiger partial charge in [-0.15, -0.1) is 0 Å². The van der Waals surface area contributed by atoms with E-state index in [2.05, 4.69) is 0 Å². The van der Waals surface area contributed by atoms with E-state index in [0.29, 0.717) is 6.29 Å². The highest BCUT2D eigenvalue weighted by atomic mass is 35.5. The molecule has 0 amide bonds. The Balaban J connectivity index is 3.45. The van der Waals surface area contributed by atoms with Crippen molar-refractivity contribution in [1.29, 1.82) is 0 Å². The Morgan fingerprint density at radius 1 is 1.54 bits per heavy atom. The van der Waals surface area contributed by atoms with Crippen LogP contribution in [0.25, 0.3) is 0 Å². The molecule has 0 spiro atoms. The maximum Gasteiger partial charge on any atom is 0.159 e. The molecule has 0 atom stereocenters. The van der Waals surface area contributed by atoms with E-state index in [0.717, 1.165) is 6.07 Å². The maximum atomic E-state index is 13.1. The SMILES string of the molecule is COc1c(Cl)cc(C=O)c(F)c1Cl. The molecule has 0 aliphatic rings. The van der Waals surface area contributed by atoms with E-state index < -0.39 is 5.82 Å². The van der Waals surface area contributed by atoms with Crippen LogP contribution in [0.15, 0.2) is 6.07 Å². The lowest BCUT2D eigenvalue weighted by Gasteiger charge is -2.07. The van der Waals surface area contributed by atoms with Crippen LogP contribution in [0.2, 0.25) is 10.0 Å². The minimum Gasteiger partial charge on any atom is -0.494 e. The molecule has 0 saturated heterocycles. The van der Waals surface area contributed by atoms with Gasteiger partial charge in [-0.1, -0.05) is 23.2 Å². The van der Waals surface area contributed by atoms with Crippen LogP contribution < -0.4 is 4.74 Å². The van der Waals surface area contributed by atoms with Crippen molar-refractivity contribution in [3.05, 3.63) is 27.5 Å². The van der Waals surface area contributed by atoms with Crippen LogP contribution >= 0.6 is 23.2 Å². The summed E-state index contributed by atoms with van der Waals surface area (Å²) in [7, 11) is 1.31. The average molecular weight is 223 g/mol. The molecule has 0 heterocycles. The summed E-state index contributed by atoms with van der Waals surface area (Å²) in [5.74, 6) is -0.788. The molecule has 0 aliphatic heterocycles. The van der Waals surface area contributed by atoms with E-state index in [1.54, 1.807) is 0 Å². The van der Waals surface area contributed by atoms with Gasteiger partial charge in [0.1, 0.15) is 5.02 Å². The summed E-state index contributed by atoms with van der Waals surface area (Å²) < 4.78 is 17.9. The zero-order valence-electron chi connectivity index (χ0n) is 6.61. The van der Waals surface area contributed by atoms with E-state index in [4.69, 9.17) is 27.9 Å². The van der Waals surface area contributed by atoms with E-state index in [-0.39, 0.29) is 21.4 Å². The van der Waals surface area contributed by atoms with Crippen molar-refractivity contribution in [2.75, 3.05) is 7.11 Å². The van der Waals surface area contributed by atoms with Crippen molar-refractivity contribution in [3.8, 4) is 5.75 Å². The standard InChI is InChI=1S/C8H5Cl2FO2/c1-13-8-5(9)2-4(3-12)7(11)6(8)10/h2-3H,1H3. The summed E-state index contributed by atoms with van der Waals surface area (Å²) in [5, 5.41) is -0.173. The minimum atomic E-state index is -0.821. The number of ether oxygens (including phenoxy) is 1. The number of methoxy groups -OCH3 is 1. The van der Waals surface area contributed by atoms with E-state index in [1.165, 1.54) is 7.11 Å². The van der Waals surface area contributed by atoms with Gasteiger partial charge in [0, 0.05) is 0 Å². The molecule has 1 aromatic rings. The van der Waals surface area contributed by atoms with Gasteiger partial charge >= 0.3 is 0 Å². The van der Waals surface area contributed by atoms with Gasteiger partial charge in [0.15, 0.2) is 17.9 Å². The lowest BCUT2D eigenvalue weighted by Crippen LogP contribution is -1.94. The van der Waals surface area contributed by atoms with Gasteiger partial charge in [0.25, 0.3) is 0 Å². The molecule has 0 N–H and O–H groups in total. The van der Waals surface area contributed by atoms with Gasteiger partial charge in [-0.25, -0.2) is 4.39 Å². The number of hydrogen-bond donors (Lipinski definition) is 0. The molecule has 0 unspecified atom stereocenters. The van der Waals surface area contributed by atoms with Crippen molar-refractivity contribution >= 4 is 29.5 Å². The van der Waals surface area contributed by atoms with Crippen molar-refractivity contribution in [1.82, 2.24) is 0 Å². The molecule has 1 rings (SSSR count). The summed E-state index contributed by atoms with van der Waals surface area (Å²) in [6, 6.07) is 1.16. The topological polar surface area (TPSA) is 26.3 Å². The fraction of sp³-hybridized carbons (Fsp3) is 0.125. The lowest BCUT2D eigenvalue weighted by atomic mass is 10.2. The zero-order valence-corrected chi connectivity index (χ0v) is 8.12. The van der Waals surface area contributed by atoms with E-state index in [9.17, 15) is 9.18 Å². The average Bonchev–Trinajstić information content (AvgIpc) is 2.12. The Kier molecular flexibility index (Phi) is 3.12. The molecule has 1 aromatic carbocycles. The van der Waals surface area contributed by atoms with Crippen molar-refractivity contribution in [2.24, 2.45) is 0 Å². The van der Waals surface area contributed by atoms with Crippen LogP contribution in [0.5, 0.6) is 5.75 Å². The maximum absolute atomic E-state index is 13.1. The molecule has 0 bridgehead atoms. The zero-order chi connectivity index (χ0) is 10.0. The first-order valence-electron chi connectivity index (χ1n) is 3.28. The first kappa shape index (κ1) is 10.3. The number of carbonyl (C=O) groups is 1. The fourth-order valence-electron chi connectivity index (χ4n) is 0.870. The van der Waals surface area contributed by atoms with Gasteiger partial charge in [0.2, 0.25) is 0 Å². The Morgan fingerprint density at radius 3 is 2.62 bits per heavy atom. The van der Waals surface area contributed by atoms with Crippen LogP contribution in [-0.2, 0) is 0 Å². The summed E-state index contributed by atoms with van der Waals surface area (Å²) in [4.78, 5) is 10.3. The Hall–Kier alpha value is -0.800. The van der Waals surface area contributed by atoms with Gasteiger partial charge in [-0.05, 0) is 6.07 Å². The number of benzene rings is 1. The van der Waals surface area contributed by atoms with Crippen LogP contribution in [0, 0.1) is 5.82 Å². The van der Waals surface area contributed by atoms with Crippen LogP contribution in [-0.4, -0.2) is 13.4 Å². The van der Waals surface area contributed by atoms with Crippen molar-refractivity contribution in [3.63, 3.8) is 0 Å². The smallest absolute Gasteiger partial charge is 0.159 e. The van der Waals surface area contributed by atoms with Gasteiger partial charge in [0.05, 0.1) is 17.7 Å². The number of halogens is 3. The van der Waals surface area contributed by atoms with E-state index in [1.807, 2.05) is 0 Å². The Labute approximate surface area is 84.2 Å². The van der Waals surface area contributed by atoms with Crippen molar-refractivity contribution < 1.29 is 13.9 Å². The normalized spacial score (nSPS) is 9.85. The molecular weight excluding hydrogens is 218 g/mol. The number of hydrogen-bond acceptors (Lipinski definition) is 2. The largest absolute Gasteiger partial charge is 0.494 e. The molecule has 0 aliphatic carbocycles. The second kappa shape index (κ2) is 3.94. The molecule has 70 valence electrons. The molecule has 5 heteroatoms. The predicted octanol–water partition coefficient (Wildman–Crippen LogP) is 2.95. The molecule has 13 heavy (non-hydrogen) atoms. The fourth-order valence-corrected chi connectivity index (χ4v) is 1.50. The monoisotopic (exact) mass is 222 g/mol. The third kappa shape index (κ3) is 1.76. The third-order valence-electron chi connectivity index (χ3n) is 1.48. The second-order valence-electron chi connectivity index (χ2n) is 2.23. The molecule has 0 radical (unpaired) electrons. The first-order chi connectivity index (χ1) is 6.11.